The van der Waals surface area contributed by atoms with Crippen molar-refractivity contribution in [1.82, 2.24) is 5.43 Å². The van der Waals surface area contributed by atoms with Gasteiger partial charge in [0.1, 0.15) is 0 Å². The number of amides is 1. The number of hydrazone groups is 1. The lowest BCUT2D eigenvalue weighted by Crippen LogP contribution is -2.26. The molecule has 4 aromatic carbocycles. The van der Waals surface area contributed by atoms with Crippen LogP contribution in [0.15, 0.2) is 96.1 Å². The van der Waals surface area contributed by atoms with E-state index in [1.807, 2.05) is 31.2 Å². The number of hydrogen-bond donors (Lipinski definition) is 1. The fraction of sp³-hybridized carbons (Fsp3) is 0.200. The van der Waals surface area contributed by atoms with Crippen molar-refractivity contribution in [3.63, 3.8) is 0 Å². The van der Waals surface area contributed by atoms with Gasteiger partial charge in [-0.2, -0.15) is 5.10 Å². The predicted octanol–water partition coefficient (Wildman–Crippen LogP) is 6.30. The minimum absolute atomic E-state index is 0.0300. The van der Waals surface area contributed by atoms with Crippen LogP contribution in [0.4, 0.5) is 0 Å². The number of nitrogens with zero attached hydrogens (tertiary/aromatic N) is 1. The zero-order valence-electron chi connectivity index (χ0n) is 19.3. The van der Waals surface area contributed by atoms with Gasteiger partial charge in [-0.05, 0) is 49.1 Å². The summed E-state index contributed by atoms with van der Waals surface area (Å²) in [4.78, 5) is 13.3. The number of nitrogens with one attached hydrogen (secondary N) is 1. The number of rotatable bonds is 5. The summed E-state index contributed by atoms with van der Waals surface area (Å²) in [5.41, 5.74) is 9.22. The average Bonchev–Trinajstić information content (AvgIpc) is 3.59. The fourth-order valence-electron chi connectivity index (χ4n) is 5.05. The second-order valence-electron chi connectivity index (χ2n) is 9.17. The van der Waals surface area contributed by atoms with Crippen LogP contribution in [0.25, 0.3) is 10.8 Å². The Balaban J connectivity index is 1.44. The van der Waals surface area contributed by atoms with Crippen LogP contribution in [0.1, 0.15) is 41.2 Å². The molecule has 5 rings (SSSR count). The molecule has 3 heteroatoms. The predicted molar refractivity (Wildman–Crippen MR) is 136 cm³/mol. The van der Waals surface area contributed by atoms with Crippen molar-refractivity contribution in [2.75, 3.05) is 0 Å². The monoisotopic (exact) mass is 432 g/mol. The quantitative estimate of drug-likeness (QED) is 0.292. The maximum absolute atomic E-state index is 13.3. The number of fused-ring (bicyclic) bond motifs is 1. The Morgan fingerprint density at radius 2 is 1.45 bits per heavy atom. The van der Waals surface area contributed by atoms with E-state index >= 15 is 0 Å². The van der Waals surface area contributed by atoms with E-state index in [-0.39, 0.29) is 17.2 Å². The zero-order chi connectivity index (χ0) is 23.0. The van der Waals surface area contributed by atoms with Crippen molar-refractivity contribution in [3.8, 4) is 0 Å². The van der Waals surface area contributed by atoms with Gasteiger partial charge in [0.05, 0.1) is 11.6 Å². The van der Waals surface area contributed by atoms with Crippen LogP contribution in [0.5, 0.6) is 0 Å². The lowest BCUT2D eigenvalue weighted by molar-refractivity contribution is -0.122. The number of carbonyl (C=O) groups is 1. The highest BCUT2D eigenvalue weighted by Crippen LogP contribution is 2.59. The van der Waals surface area contributed by atoms with E-state index in [4.69, 9.17) is 0 Å². The standard InChI is InChI=1S/C30H28N2O/c1-20-9-6-13-24(17-20)30(25-14-7-10-21(2)18-25)19-28(30)29(33)32-31-22(3)26-16-8-12-23-11-4-5-15-27(23)26/h4-18,28H,19H2,1-3H3,(H,32,33)/b31-22+/t28-/m0/s1. The number of hydrogen-bond acceptors (Lipinski definition) is 2. The first-order valence-electron chi connectivity index (χ1n) is 11.5. The molecular formula is C30H28N2O. The Bertz CT molecular complexity index is 1330. The molecule has 0 spiro atoms. The van der Waals surface area contributed by atoms with E-state index < -0.39 is 0 Å². The van der Waals surface area contributed by atoms with E-state index in [1.54, 1.807) is 0 Å². The summed E-state index contributed by atoms with van der Waals surface area (Å²) in [7, 11) is 0. The molecule has 1 saturated carbocycles. The van der Waals surface area contributed by atoms with Gasteiger partial charge in [0.25, 0.3) is 0 Å². The molecule has 1 aliphatic rings. The van der Waals surface area contributed by atoms with E-state index in [0.717, 1.165) is 28.5 Å². The maximum Gasteiger partial charge on any atom is 0.244 e. The topological polar surface area (TPSA) is 41.5 Å². The maximum atomic E-state index is 13.3. The van der Waals surface area contributed by atoms with Crippen molar-refractivity contribution in [2.45, 2.75) is 32.6 Å². The molecule has 164 valence electrons. The molecule has 0 unspecified atom stereocenters. The Kier molecular flexibility index (Phi) is 5.33. The molecule has 1 atom stereocenters. The lowest BCUT2D eigenvalue weighted by Gasteiger charge is -2.20. The smallest absolute Gasteiger partial charge is 0.244 e. The number of benzene rings is 4. The number of aryl methyl sites for hydroxylation is 2. The van der Waals surface area contributed by atoms with Crippen LogP contribution < -0.4 is 5.43 Å². The molecule has 0 aromatic heterocycles. The molecule has 1 fully saturated rings. The summed E-state index contributed by atoms with van der Waals surface area (Å²) in [6.07, 6.45) is 0.786. The highest BCUT2D eigenvalue weighted by Gasteiger charge is 2.60. The normalized spacial score (nSPS) is 17.1. The van der Waals surface area contributed by atoms with Crippen molar-refractivity contribution in [2.24, 2.45) is 11.0 Å². The van der Waals surface area contributed by atoms with Gasteiger partial charge in [-0.3, -0.25) is 4.79 Å². The van der Waals surface area contributed by atoms with Gasteiger partial charge < -0.3 is 0 Å². The van der Waals surface area contributed by atoms with Crippen LogP contribution in [-0.2, 0) is 10.2 Å². The van der Waals surface area contributed by atoms with Gasteiger partial charge in [-0.1, -0.05) is 102 Å². The van der Waals surface area contributed by atoms with Crippen LogP contribution in [-0.4, -0.2) is 11.6 Å². The third-order valence-corrected chi connectivity index (χ3v) is 6.86. The number of carbonyl (C=O) groups excluding carboxylic acids is 1. The third kappa shape index (κ3) is 3.84. The third-order valence-electron chi connectivity index (χ3n) is 6.86. The van der Waals surface area contributed by atoms with Crippen LogP contribution in [0.3, 0.4) is 0 Å². The minimum Gasteiger partial charge on any atom is -0.273 e. The molecule has 33 heavy (non-hydrogen) atoms. The SMILES string of the molecule is C/C(=N\NC(=O)[C@@H]1CC1(c1cccc(C)c1)c1cccc(C)c1)c1cccc2ccccc12. The van der Waals surface area contributed by atoms with Gasteiger partial charge in [-0.15, -0.1) is 0 Å². The summed E-state index contributed by atoms with van der Waals surface area (Å²) in [6, 6.07) is 31.5. The van der Waals surface area contributed by atoms with Crippen molar-refractivity contribution < 1.29 is 4.79 Å². The Morgan fingerprint density at radius 1 is 0.848 bits per heavy atom. The molecular weight excluding hydrogens is 404 g/mol. The molecule has 0 saturated heterocycles. The molecule has 0 aliphatic heterocycles. The lowest BCUT2D eigenvalue weighted by atomic mass is 9.84. The highest BCUT2D eigenvalue weighted by molar-refractivity contribution is 6.10. The summed E-state index contributed by atoms with van der Waals surface area (Å²) in [6.45, 7) is 6.15. The van der Waals surface area contributed by atoms with Crippen LogP contribution in [0.2, 0.25) is 0 Å². The first kappa shape index (κ1) is 21.1. The van der Waals surface area contributed by atoms with Gasteiger partial charge in [-0.25, -0.2) is 5.43 Å². The van der Waals surface area contributed by atoms with Gasteiger partial charge in [0.2, 0.25) is 5.91 Å². The van der Waals surface area contributed by atoms with E-state index in [2.05, 4.69) is 91.1 Å². The van der Waals surface area contributed by atoms with E-state index in [1.165, 1.54) is 22.3 Å². The van der Waals surface area contributed by atoms with Crippen LogP contribution in [0, 0.1) is 19.8 Å². The molecule has 3 nitrogen and oxygen atoms in total. The van der Waals surface area contributed by atoms with Crippen molar-refractivity contribution in [3.05, 3.63) is 119 Å². The second kappa shape index (κ2) is 8.32. The first-order valence-corrected chi connectivity index (χ1v) is 11.5. The summed E-state index contributed by atoms with van der Waals surface area (Å²) in [5.74, 6) is -0.178. The van der Waals surface area contributed by atoms with E-state index in [9.17, 15) is 4.79 Å². The highest BCUT2D eigenvalue weighted by atomic mass is 16.2. The second-order valence-corrected chi connectivity index (χ2v) is 9.17. The Labute approximate surface area is 195 Å². The zero-order valence-corrected chi connectivity index (χ0v) is 19.3. The molecule has 0 heterocycles. The van der Waals surface area contributed by atoms with Gasteiger partial charge >= 0.3 is 0 Å². The van der Waals surface area contributed by atoms with Gasteiger partial charge in [0.15, 0.2) is 0 Å². The molecule has 4 aromatic rings. The summed E-state index contributed by atoms with van der Waals surface area (Å²) >= 11 is 0. The molecule has 1 amide bonds. The van der Waals surface area contributed by atoms with E-state index in [0.29, 0.717) is 0 Å². The van der Waals surface area contributed by atoms with Crippen molar-refractivity contribution >= 4 is 22.4 Å². The van der Waals surface area contributed by atoms with Crippen LogP contribution >= 0.6 is 0 Å². The Morgan fingerprint density at radius 3 is 2.12 bits per heavy atom. The largest absolute Gasteiger partial charge is 0.273 e. The van der Waals surface area contributed by atoms with Gasteiger partial charge in [0, 0.05) is 11.0 Å². The molecule has 1 aliphatic carbocycles. The minimum atomic E-state index is -0.301. The fourth-order valence-corrected chi connectivity index (χ4v) is 5.05. The average molecular weight is 433 g/mol. The Hall–Kier alpha value is -3.72. The molecule has 0 bridgehead atoms. The first-order chi connectivity index (χ1) is 16.0. The van der Waals surface area contributed by atoms with Crippen molar-refractivity contribution in [1.29, 1.82) is 0 Å². The summed E-state index contributed by atoms with van der Waals surface area (Å²) in [5, 5.41) is 6.81. The summed E-state index contributed by atoms with van der Waals surface area (Å²) < 4.78 is 0. The molecule has 1 N–H and O–H groups in total. The molecule has 0 radical (unpaired) electrons.